The second-order valence-electron chi connectivity index (χ2n) is 13.7. The number of carboxylic acid groups (broad SMARTS) is 2. The van der Waals surface area contributed by atoms with Gasteiger partial charge >= 0.3 is 23.9 Å². The summed E-state index contributed by atoms with van der Waals surface area (Å²) in [6, 6.07) is 0. The quantitative estimate of drug-likeness (QED) is 0.0549. The summed E-state index contributed by atoms with van der Waals surface area (Å²) >= 11 is 0. The van der Waals surface area contributed by atoms with Crippen LogP contribution in [-0.4, -0.2) is 76.0 Å². The summed E-state index contributed by atoms with van der Waals surface area (Å²) in [5.74, 6) is -4.24. The maximum atomic E-state index is 13.2. The topological polar surface area (TPSA) is 166 Å². The van der Waals surface area contributed by atoms with Gasteiger partial charge in [0.25, 0.3) is 0 Å². The molecule has 0 saturated carbocycles. The number of hydrogen-bond donors (Lipinski definition) is 3. The van der Waals surface area contributed by atoms with E-state index in [0.29, 0.717) is 37.7 Å². The van der Waals surface area contributed by atoms with Gasteiger partial charge in [0.05, 0.1) is 32.2 Å². The number of carbonyl (C=O) groups excluding carboxylic acids is 2. The van der Waals surface area contributed by atoms with Crippen molar-refractivity contribution >= 4 is 23.9 Å². The predicted octanol–water partition coefficient (Wildman–Crippen LogP) is 7.00. The average Bonchev–Trinajstić information content (AvgIpc) is 3.07. The van der Waals surface area contributed by atoms with Crippen LogP contribution >= 0.6 is 0 Å². The Hall–Kier alpha value is -3.54. The molecular weight excluding hydrogens is 644 g/mol. The first-order valence-electron chi connectivity index (χ1n) is 17.8. The van der Waals surface area contributed by atoms with E-state index in [1.807, 2.05) is 19.1 Å². The Kier molecular flexibility index (Phi) is 17.9. The molecule has 0 radical (unpaired) electrons. The van der Waals surface area contributed by atoms with Gasteiger partial charge in [-0.25, -0.2) is 9.59 Å². The van der Waals surface area contributed by atoms with E-state index < -0.39 is 47.5 Å². The summed E-state index contributed by atoms with van der Waals surface area (Å²) in [7, 11) is 1.27. The normalized spacial score (nSPS) is 27.5. The number of rotatable bonds is 19. The van der Waals surface area contributed by atoms with Crippen LogP contribution in [0.5, 0.6) is 0 Å². The minimum absolute atomic E-state index is 0.0996. The van der Waals surface area contributed by atoms with Gasteiger partial charge in [-0.2, -0.15) is 0 Å². The third kappa shape index (κ3) is 14.4. The van der Waals surface area contributed by atoms with Crippen LogP contribution in [-0.2, 0) is 38.1 Å². The van der Waals surface area contributed by atoms with Crippen LogP contribution in [0, 0.1) is 11.8 Å². The maximum Gasteiger partial charge on any atom is 0.328 e. The first-order valence-corrected chi connectivity index (χ1v) is 17.8. The first kappa shape index (κ1) is 42.6. The van der Waals surface area contributed by atoms with E-state index in [1.54, 1.807) is 32.1 Å². The largest absolute Gasteiger partial charge is 0.478 e. The molecule has 2 aliphatic heterocycles. The van der Waals surface area contributed by atoms with Crippen molar-refractivity contribution < 1.29 is 53.4 Å². The van der Waals surface area contributed by atoms with E-state index >= 15 is 0 Å². The number of methoxy groups -OCH3 is 1. The summed E-state index contributed by atoms with van der Waals surface area (Å²) in [6.45, 7) is 9.61. The van der Waals surface area contributed by atoms with Crippen molar-refractivity contribution in [2.24, 2.45) is 11.8 Å². The van der Waals surface area contributed by atoms with Gasteiger partial charge in [-0.3, -0.25) is 9.59 Å². The molecule has 0 aromatic carbocycles. The van der Waals surface area contributed by atoms with Crippen molar-refractivity contribution in [1.82, 2.24) is 0 Å². The maximum absolute atomic E-state index is 13.2. The van der Waals surface area contributed by atoms with Crippen LogP contribution < -0.4 is 0 Å². The van der Waals surface area contributed by atoms with Crippen LogP contribution in [0.15, 0.2) is 59.8 Å². The van der Waals surface area contributed by atoms with Crippen molar-refractivity contribution in [3.05, 3.63) is 59.8 Å². The molecule has 0 aromatic heterocycles. The molecule has 11 heteroatoms. The Morgan fingerprint density at radius 1 is 0.900 bits per heavy atom. The summed E-state index contributed by atoms with van der Waals surface area (Å²) in [5, 5.41) is 28.5. The molecule has 2 heterocycles. The number of hydrogen-bond acceptors (Lipinski definition) is 9. The average molecular weight is 703 g/mol. The summed E-state index contributed by atoms with van der Waals surface area (Å²) < 4.78 is 24.6. The van der Waals surface area contributed by atoms with Gasteiger partial charge in [-0.05, 0) is 57.4 Å². The molecule has 2 fully saturated rings. The monoisotopic (exact) mass is 702 g/mol. The van der Waals surface area contributed by atoms with Gasteiger partial charge in [-0.1, -0.05) is 82.1 Å². The SMILES string of the molecule is CCCCCCC1(OC(=O)CCC(=O)OC)CCC2(CCC(C)C(CC=C(C)C=CC(O)C(C)C=CC(=O)O)O2)OC1C=CC(C)=CC(=O)O. The highest BCUT2D eigenvalue weighted by Gasteiger charge is 2.54. The second-order valence-corrected chi connectivity index (χ2v) is 13.7. The molecule has 280 valence electrons. The van der Waals surface area contributed by atoms with E-state index in [0.717, 1.165) is 49.8 Å². The number of aliphatic carboxylic acids is 2. The van der Waals surface area contributed by atoms with Crippen molar-refractivity contribution in [3.8, 4) is 0 Å². The van der Waals surface area contributed by atoms with Crippen molar-refractivity contribution in [2.45, 2.75) is 141 Å². The Morgan fingerprint density at radius 2 is 1.62 bits per heavy atom. The fourth-order valence-electron chi connectivity index (χ4n) is 6.28. The number of esters is 2. The molecule has 0 aliphatic carbocycles. The minimum Gasteiger partial charge on any atom is -0.478 e. The lowest BCUT2D eigenvalue weighted by atomic mass is 9.78. The van der Waals surface area contributed by atoms with Crippen molar-refractivity contribution in [2.75, 3.05) is 7.11 Å². The van der Waals surface area contributed by atoms with Crippen LogP contribution in [0.1, 0.15) is 112 Å². The van der Waals surface area contributed by atoms with Crippen molar-refractivity contribution in [3.63, 3.8) is 0 Å². The van der Waals surface area contributed by atoms with Gasteiger partial charge in [-0.15, -0.1) is 0 Å². The summed E-state index contributed by atoms with van der Waals surface area (Å²) in [5.41, 5.74) is 0.386. The molecule has 7 unspecified atom stereocenters. The highest BCUT2D eigenvalue weighted by atomic mass is 16.7. The van der Waals surface area contributed by atoms with E-state index in [9.17, 15) is 29.4 Å². The minimum atomic E-state index is -1.07. The van der Waals surface area contributed by atoms with Crippen LogP contribution in [0.25, 0.3) is 0 Å². The number of aliphatic hydroxyl groups excluding tert-OH is 1. The Morgan fingerprint density at radius 3 is 2.28 bits per heavy atom. The van der Waals surface area contributed by atoms with Gasteiger partial charge in [0.2, 0.25) is 0 Å². The molecule has 0 amide bonds. The Balaban J connectivity index is 2.34. The van der Waals surface area contributed by atoms with Gasteiger partial charge in [0.1, 0.15) is 11.7 Å². The Labute approximate surface area is 297 Å². The number of aliphatic hydroxyl groups is 1. The zero-order valence-corrected chi connectivity index (χ0v) is 30.6. The number of carboxylic acids is 2. The van der Waals surface area contributed by atoms with Crippen LogP contribution in [0.3, 0.4) is 0 Å². The predicted molar refractivity (Wildman–Crippen MR) is 189 cm³/mol. The van der Waals surface area contributed by atoms with Crippen LogP contribution in [0.4, 0.5) is 0 Å². The molecule has 11 nitrogen and oxygen atoms in total. The van der Waals surface area contributed by atoms with E-state index in [-0.39, 0.29) is 30.8 Å². The number of carbonyl (C=O) groups is 4. The Bertz CT molecular complexity index is 1290. The third-order valence-electron chi connectivity index (χ3n) is 9.50. The fraction of sp³-hybridized carbons (Fsp3) is 0.641. The standard InChI is InChI=1S/C39H58O11/c1-7-8-9-10-22-38(50-37(46)20-19-36(45)47-6)24-25-39(49-33(38)17-13-28(3)26-35(43)44)23-21-30(5)32(48-39)16-12-27(2)11-15-31(40)29(4)14-18-34(41)42/h11-15,17-18,26,29-33,40H,7-10,16,19-25H2,1-6H3,(H,41,42)(H,43,44). The smallest absolute Gasteiger partial charge is 0.328 e. The molecule has 1 spiro atoms. The molecule has 0 bridgehead atoms. The molecule has 3 N–H and O–H groups in total. The molecular formula is C39H58O11. The lowest BCUT2D eigenvalue weighted by Crippen LogP contribution is -2.59. The number of unbranched alkanes of at least 4 members (excludes halogenated alkanes) is 3. The van der Waals surface area contributed by atoms with E-state index in [1.165, 1.54) is 13.2 Å². The highest BCUT2D eigenvalue weighted by molar-refractivity contribution is 5.81. The second kappa shape index (κ2) is 21.0. The zero-order valence-electron chi connectivity index (χ0n) is 30.6. The summed E-state index contributed by atoms with van der Waals surface area (Å²) in [6.07, 6.45) is 17.9. The lowest BCUT2D eigenvalue weighted by Gasteiger charge is -2.53. The lowest BCUT2D eigenvalue weighted by molar-refractivity contribution is -0.344. The number of allylic oxidation sites excluding steroid dienone is 4. The van der Waals surface area contributed by atoms with Crippen molar-refractivity contribution in [1.29, 1.82) is 0 Å². The molecule has 7 atom stereocenters. The molecule has 2 rings (SSSR count). The zero-order chi connectivity index (χ0) is 37.3. The fourth-order valence-corrected chi connectivity index (χ4v) is 6.28. The highest BCUT2D eigenvalue weighted by Crippen LogP contribution is 2.48. The van der Waals surface area contributed by atoms with Gasteiger partial charge in [0.15, 0.2) is 5.79 Å². The molecule has 50 heavy (non-hydrogen) atoms. The first-order chi connectivity index (χ1) is 23.6. The van der Waals surface area contributed by atoms with E-state index in [2.05, 4.69) is 13.8 Å². The molecule has 2 aliphatic rings. The van der Waals surface area contributed by atoms with Gasteiger partial charge in [0, 0.05) is 30.9 Å². The summed E-state index contributed by atoms with van der Waals surface area (Å²) in [4.78, 5) is 47.1. The van der Waals surface area contributed by atoms with Crippen LogP contribution in [0.2, 0.25) is 0 Å². The van der Waals surface area contributed by atoms with Gasteiger partial charge < -0.3 is 34.3 Å². The van der Waals surface area contributed by atoms with E-state index in [4.69, 9.17) is 24.1 Å². The number of ether oxygens (including phenoxy) is 4. The molecule has 0 aromatic rings. The third-order valence-corrected chi connectivity index (χ3v) is 9.50. The molecule has 2 saturated heterocycles.